The number of rotatable bonds is 2. The maximum absolute atomic E-state index is 11.4. The summed E-state index contributed by atoms with van der Waals surface area (Å²) in [6.45, 7) is 5.35. The number of alkyl carbamates (subject to hydrolysis) is 1. The predicted molar refractivity (Wildman–Crippen MR) is 79.5 cm³/mol. The molecule has 0 aliphatic rings. The van der Waals surface area contributed by atoms with Crippen LogP contribution in [0.3, 0.4) is 0 Å². The number of carboxylic acid groups (broad SMARTS) is 1. The third kappa shape index (κ3) is 5.76. The van der Waals surface area contributed by atoms with E-state index in [4.69, 9.17) is 21.4 Å². The average molecular weight is 310 g/mol. The van der Waals surface area contributed by atoms with Gasteiger partial charge >= 0.3 is 12.1 Å². The largest absolute Gasteiger partial charge is 0.478 e. The van der Waals surface area contributed by atoms with Gasteiger partial charge in [-0.1, -0.05) is 29.5 Å². The Hall–Kier alpha value is -2.19. The first-order valence-corrected chi connectivity index (χ1v) is 6.56. The summed E-state index contributed by atoms with van der Waals surface area (Å²) in [6.07, 6.45) is -0.567. The van der Waals surface area contributed by atoms with E-state index in [1.807, 2.05) is 0 Å². The number of ether oxygens (including phenoxy) is 1. The van der Waals surface area contributed by atoms with Gasteiger partial charge in [-0.3, -0.25) is 0 Å². The van der Waals surface area contributed by atoms with Crippen molar-refractivity contribution in [2.45, 2.75) is 26.4 Å². The second-order valence-corrected chi connectivity index (χ2v) is 5.51. The number of nitrogens with one attached hydrogen (secondary N) is 1. The van der Waals surface area contributed by atoms with Gasteiger partial charge in [0.05, 0.1) is 17.1 Å². The van der Waals surface area contributed by atoms with Crippen LogP contribution >= 0.6 is 11.6 Å². The summed E-state index contributed by atoms with van der Waals surface area (Å²) in [5.41, 5.74) is -0.192. The van der Waals surface area contributed by atoms with E-state index in [1.165, 1.54) is 6.07 Å². The van der Waals surface area contributed by atoms with Gasteiger partial charge in [0.25, 0.3) is 0 Å². The number of hydrogen-bond donors (Lipinski definition) is 2. The third-order valence-electron chi connectivity index (χ3n) is 2.17. The molecule has 0 saturated heterocycles. The van der Waals surface area contributed by atoms with Gasteiger partial charge in [0.2, 0.25) is 0 Å². The molecule has 0 aliphatic carbocycles. The fourth-order valence-corrected chi connectivity index (χ4v) is 1.62. The first-order chi connectivity index (χ1) is 9.70. The van der Waals surface area contributed by atoms with Gasteiger partial charge in [0.1, 0.15) is 5.60 Å². The van der Waals surface area contributed by atoms with Crippen LogP contribution < -0.4 is 5.32 Å². The molecule has 0 atom stereocenters. The highest BCUT2D eigenvalue weighted by molar-refractivity contribution is 6.34. The first-order valence-electron chi connectivity index (χ1n) is 6.18. The van der Waals surface area contributed by atoms with Crippen LogP contribution in [0.5, 0.6) is 0 Å². The zero-order chi connectivity index (χ0) is 16.0. The molecule has 0 unspecified atom stereocenters. The zero-order valence-electron chi connectivity index (χ0n) is 12.0. The highest BCUT2D eigenvalue weighted by atomic mass is 35.5. The van der Waals surface area contributed by atoms with E-state index in [9.17, 15) is 9.59 Å². The number of carboxylic acids is 1. The van der Waals surface area contributed by atoms with E-state index in [1.54, 1.807) is 32.9 Å². The number of carbonyl (C=O) groups excluding carboxylic acids is 1. The van der Waals surface area contributed by atoms with Gasteiger partial charge in [-0.05, 0) is 32.9 Å². The van der Waals surface area contributed by atoms with Crippen LogP contribution in [0.15, 0.2) is 18.2 Å². The van der Waals surface area contributed by atoms with Gasteiger partial charge in [-0.25, -0.2) is 9.59 Å². The topological polar surface area (TPSA) is 75.6 Å². The van der Waals surface area contributed by atoms with Crippen molar-refractivity contribution in [3.05, 3.63) is 34.3 Å². The SMILES string of the molecule is CC(C)(C)OC(=O)NCC#Cc1cccc(C(=O)O)c1Cl. The molecule has 1 amide bonds. The van der Waals surface area contributed by atoms with Crippen molar-refractivity contribution in [3.8, 4) is 11.8 Å². The van der Waals surface area contributed by atoms with Gasteiger partial charge in [-0.15, -0.1) is 0 Å². The average Bonchev–Trinajstić information content (AvgIpc) is 2.33. The Morgan fingerprint density at radius 3 is 2.62 bits per heavy atom. The normalized spacial score (nSPS) is 10.3. The molecule has 1 aromatic carbocycles. The van der Waals surface area contributed by atoms with Crippen molar-refractivity contribution in [2.24, 2.45) is 0 Å². The molecule has 21 heavy (non-hydrogen) atoms. The molecule has 5 nitrogen and oxygen atoms in total. The summed E-state index contributed by atoms with van der Waals surface area (Å²) >= 11 is 5.94. The molecule has 0 heterocycles. The van der Waals surface area contributed by atoms with Crippen LogP contribution in [-0.2, 0) is 4.74 Å². The minimum atomic E-state index is -1.12. The van der Waals surface area contributed by atoms with Crippen LogP contribution in [0.2, 0.25) is 5.02 Å². The van der Waals surface area contributed by atoms with Crippen LogP contribution in [0.1, 0.15) is 36.7 Å². The molecular weight excluding hydrogens is 294 g/mol. The van der Waals surface area contributed by atoms with Crippen LogP contribution in [-0.4, -0.2) is 29.3 Å². The van der Waals surface area contributed by atoms with E-state index < -0.39 is 17.7 Å². The minimum Gasteiger partial charge on any atom is -0.478 e. The molecule has 0 fully saturated rings. The number of aromatic carboxylic acids is 1. The smallest absolute Gasteiger partial charge is 0.408 e. The zero-order valence-corrected chi connectivity index (χ0v) is 12.7. The van der Waals surface area contributed by atoms with E-state index in [0.717, 1.165) is 0 Å². The van der Waals surface area contributed by atoms with Gasteiger partial charge in [-0.2, -0.15) is 0 Å². The molecule has 2 N–H and O–H groups in total. The Bertz CT molecular complexity index is 608. The van der Waals surface area contributed by atoms with Crippen molar-refractivity contribution in [1.29, 1.82) is 0 Å². The number of carbonyl (C=O) groups is 2. The van der Waals surface area contributed by atoms with Crippen LogP contribution in [0.25, 0.3) is 0 Å². The summed E-state index contributed by atoms with van der Waals surface area (Å²) in [5, 5.41) is 11.5. The summed E-state index contributed by atoms with van der Waals surface area (Å²) in [4.78, 5) is 22.3. The molecule has 1 rings (SSSR count). The lowest BCUT2D eigenvalue weighted by Crippen LogP contribution is -2.32. The lowest BCUT2D eigenvalue weighted by molar-refractivity contribution is 0.0534. The molecule has 0 bridgehead atoms. The second-order valence-electron chi connectivity index (χ2n) is 5.13. The van der Waals surface area contributed by atoms with Crippen LogP contribution in [0.4, 0.5) is 4.79 Å². The standard InChI is InChI=1S/C15H16ClNO4/c1-15(2,3)21-14(20)17-9-5-7-10-6-4-8-11(12(10)16)13(18)19/h4,6,8H,9H2,1-3H3,(H,17,20)(H,18,19). The monoisotopic (exact) mass is 309 g/mol. The van der Waals surface area contributed by atoms with Crippen molar-refractivity contribution in [2.75, 3.05) is 6.54 Å². The quantitative estimate of drug-likeness (QED) is 0.824. The second kappa shape index (κ2) is 7.00. The van der Waals surface area contributed by atoms with Gasteiger partial charge < -0.3 is 15.2 Å². The number of benzene rings is 1. The maximum atomic E-state index is 11.4. The van der Waals surface area contributed by atoms with Gasteiger partial charge in [0, 0.05) is 5.56 Å². The number of hydrogen-bond acceptors (Lipinski definition) is 3. The molecule has 0 radical (unpaired) electrons. The molecule has 6 heteroatoms. The van der Waals surface area contributed by atoms with Crippen molar-refractivity contribution < 1.29 is 19.4 Å². The summed E-state index contributed by atoms with van der Waals surface area (Å²) in [5.74, 6) is 4.28. The molecule has 0 aromatic heterocycles. The van der Waals surface area contributed by atoms with Crippen molar-refractivity contribution >= 4 is 23.7 Å². The summed E-state index contributed by atoms with van der Waals surface area (Å²) < 4.78 is 5.04. The fraction of sp³-hybridized carbons (Fsp3) is 0.333. The summed E-state index contributed by atoms with van der Waals surface area (Å²) in [6, 6.07) is 4.56. The fourth-order valence-electron chi connectivity index (χ4n) is 1.36. The van der Waals surface area contributed by atoms with Crippen molar-refractivity contribution in [3.63, 3.8) is 0 Å². The molecule has 112 valence electrons. The Morgan fingerprint density at radius 1 is 1.38 bits per heavy atom. The highest BCUT2D eigenvalue weighted by Crippen LogP contribution is 2.20. The highest BCUT2D eigenvalue weighted by Gasteiger charge is 2.15. The van der Waals surface area contributed by atoms with E-state index in [-0.39, 0.29) is 17.1 Å². The van der Waals surface area contributed by atoms with E-state index in [2.05, 4.69) is 17.2 Å². The first kappa shape index (κ1) is 16.9. The number of amides is 1. The van der Waals surface area contributed by atoms with E-state index in [0.29, 0.717) is 5.56 Å². The Labute approximate surface area is 128 Å². The van der Waals surface area contributed by atoms with E-state index >= 15 is 0 Å². The van der Waals surface area contributed by atoms with Crippen molar-refractivity contribution in [1.82, 2.24) is 5.32 Å². The van der Waals surface area contributed by atoms with Gasteiger partial charge in [0.15, 0.2) is 0 Å². The summed E-state index contributed by atoms with van der Waals surface area (Å²) in [7, 11) is 0. The maximum Gasteiger partial charge on any atom is 0.408 e. The molecule has 0 saturated carbocycles. The van der Waals surface area contributed by atoms with Crippen LogP contribution in [0, 0.1) is 11.8 Å². The minimum absolute atomic E-state index is 0.0106. The Morgan fingerprint density at radius 2 is 2.05 bits per heavy atom. The third-order valence-corrected chi connectivity index (χ3v) is 2.58. The molecule has 0 spiro atoms. The molecule has 1 aromatic rings. The molecule has 0 aliphatic heterocycles. The Balaban J connectivity index is 2.66. The lowest BCUT2D eigenvalue weighted by atomic mass is 10.1. The predicted octanol–water partition coefficient (Wildman–Crippen LogP) is 2.91. The molecular formula is C15H16ClNO4. The Kier molecular flexibility index (Phi) is 5.62. The lowest BCUT2D eigenvalue weighted by Gasteiger charge is -2.19. The number of halogens is 1.